The maximum absolute atomic E-state index is 11.9. The normalized spacial score (nSPS) is 10.7. The molecule has 4 heteroatoms. The van der Waals surface area contributed by atoms with E-state index in [2.05, 4.69) is 12.2 Å². The fourth-order valence-corrected chi connectivity index (χ4v) is 2.66. The molecule has 0 unspecified atom stereocenters. The lowest BCUT2D eigenvalue weighted by molar-refractivity contribution is 0.0947. The van der Waals surface area contributed by atoms with Gasteiger partial charge in [0.25, 0.3) is 5.91 Å². The van der Waals surface area contributed by atoms with Gasteiger partial charge < -0.3 is 15.5 Å². The highest BCUT2D eigenvalue weighted by Crippen LogP contribution is 2.25. The van der Waals surface area contributed by atoms with Gasteiger partial charge in [-0.2, -0.15) is 0 Å². The molecule has 0 aromatic heterocycles. The number of phenolic OH excluding ortho intramolecular Hbond substituents is 2. The number of rotatable bonds is 12. The van der Waals surface area contributed by atoms with Crippen LogP contribution in [0.25, 0.3) is 0 Å². The summed E-state index contributed by atoms with van der Waals surface area (Å²) in [6.07, 6.45) is 12.5. The predicted octanol–water partition coefficient (Wildman–Crippen LogP) is 4.75. The molecular weight excluding hydrogens is 290 g/mol. The summed E-state index contributed by atoms with van der Waals surface area (Å²) < 4.78 is 0. The smallest absolute Gasteiger partial charge is 0.258 e. The van der Waals surface area contributed by atoms with Crippen LogP contribution in [0.3, 0.4) is 0 Å². The third-order valence-electron chi connectivity index (χ3n) is 4.06. The van der Waals surface area contributed by atoms with Crippen molar-refractivity contribution in [3.8, 4) is 11.5 Å². The van der Waals surface area contributed by atoms with Crippen LogP contribution >= 0.6 is 0 Å². The van der Waals surface area contributed by atoms with Crippen LogP contribution in [0, 0.1) is 0 Å². The van der Waals surface area contributed by atoms with E-state index < -0.39 is 5.91 Å². The van der Waals surface area contributed by atoms with Crippen molar-refractivity contribution < 1.29 is 15.0 Å². The third kappa shape index (κ3) is 7.91. The van der Waals surface area contributed by atoms with E-state index in [1.54, 1.807) is 0 Å². The summed E-state index contributed by atoms with van der Waals surface area (Å²) in [5.74, 6) is -0.798. The largest absolute Gasteiger partial charge is 0.507 e. The maximum Gasteiger partial charge on any atom is 0.258 e. The topological polar surface area (TPSA) is 69.6 Å². The Morgan fingerprint density at radius 3 is 1.87 bits per heavy atom. The van der Waals surface area contributed by atoms with Gasteiger partial charge in [-0.05, 0) is 18.6 Å². The summed E-state index contributed by atoms with van der Waals surface area (Å²) in [6.45, 7) is 2.81. The first-order valence-corrected chi connectivity index (χ1v) is 8.96. The number of carbonyl (C=O) groups excluding carboxylic acids is 1. The third-order valence-corrected chi connectivity index (χ3v) is 4.06. The van der Waals surface area contributed by atoms with Crippen molar-refractivity contribution in [2.75, 3.05) is 6.54 Å². The van der Waals surface area contributed by atoms with Gasteiger partial charge in [0.1, 0.15) is 17.1 Å². The summed E-state index contributed by atoms with van der Waals surface area (Å²) in [5.41, 5.74) is -0.0421. The van der Waals surface area contributed by atoms with Crippen molar-refractivity contribution in [3.63, 3.8) is 0 Å². The molecule has 0 atom stereocenters. The van der Waals surface area contributed by atoms with E-state index in [1.165, 1.54) is 69.6 Å². The van der Waals surface area contributed by atoms with Gasteiger partial charge >= 0.3 is 0 Å². The summed E-state index contributed by atoms with van der Waals surface area (Å²) in [4.78, 5) is 11.9. The predicted molar refractivity (Wildman–Crippen MR) is 93.9 cm³/mol. The van der Waals surface area contributed by atoms with Crippen molar-refractivity contribution in [2.45, 2.75) is 71.1 Å². The van der Waals surface area contributed by atoms with Crippen LogP contribution in [-0.4, -0.2) is 22.7 Å². The molecule has 23 heavy (non-hydrogen) atoms. The minimum atomic E-state index is -0.420. The molecule has 0 aliphatic rings. The lowest BCUT2D eigenvalue weighted by Crippen LogP contribution is -2.24. The van der Waals surface area contributed by atoms with E-state index >= 15 is 0 Å². The molecule has 0 saturated carbocycles. The average Bonchev–Trinajstić information content (AvgIpc) is 2.52. The highest BCUT2D eigenvalue weighted by Gasteiger charge is 2.14. The number of unbranched alkanes of at least 4 members (excludes halogenated alkanes) is 9. The molecule has 0 heterocycles. The Morgan fingerprint density at radius 1 is 0.870 bits per heavy atom. The van der Waals surface area contributed by atoms with Crippen LogP contribution in [0.5, 0.6) is 11.5 Å². The molecule has 4 nitrogen and oxygen atoms in total. The summed E-state index contributed by atoms with van der Waals surface area (Å²) in [6, 6.07) is 4.30. The van der Waals surface area contributed by atoms with E-state index in [-0.39, 0.29) is 17.1 Å². The number of nitrogens with one attached hydrogen (secondary N) is 1. The Morgan fingerprint density at radius 2 is 1.35 bits per heavy atom. The molecule has 0 radical (unpaired) electrons. The zero-order valence-corrected chi connectivity index (χ0v) is 14.3. The van der Waals surface area contributed by atoms with Gasteiger partial charge in [-0.15, -0.1) is 0 Å². The number of benzene rings is 1. The summed E-state index contributed by atoms with van der Waals surface area (Å²) in [5, 5.41) is 22.0. The number of hydrogen-bond acceptors (Lipinski definition) is 3. The first-order chi connectivity index (χ1) is 11.2. The number of aromatic hydroxyl groups is 2. The zero-order chi connectivity index (χ0) is 16.9. The van der Waals surface area contributed by atoms with Crippen molar-refractivity contribution in [1.82, 2.24) is 5.32 Å². The second-order valence-electron chi connectivity index (χ2n) is 6.11. The van der Waals surface area contributed by atoms with Gasteiger partial charge in [-0.1, -0.05) is 70.8 Å². The molecule has 1 rings (SSSR count). The Hall–Kier alpha value is -1.71. The van der Waals surface area contributed by atoms with E-state index in [4.69, 9.17) is 0 Å². The molecule has 0 saturated heterocycles. The van der Waals surface area contributed by atoms with Crippen LogP contribution in [-0.2, 0) is 0 Å². The molecule has 1 aromatic carbocycles. The van der Waals surface area contributed by atoms with Crippen molar-refractivity contribution >= 4 is 5.91 Å². The second-order valence-corrected chi connectivity index (χ2v) is 6.11. The number of phenols is 2. The zero-order valence-electron chi connectivity index (χ0n) is 14.3. The molecule has 1 amide bonds. The Balaban J connectivity index is 2.04. The first-order valence-electron chi connectivity index (χ1n) is 8.96. The molecule has 0 aliphatic carbocycles. The molecule has 3 N–H and O–H groups in total. The van der Waals surface area contributed by atoms with Crippen LogP contribution < -0.4 is 5.32 Å². The lowest BCUT2D eigenvalue weighted by Gasteiger charge is -2.08. The number of carbonyl (C=O) groups is 1. The van der Waals surface area contributed by atoms with E-state index in [1.807, 2.05) is 0 Å². The molecule has 0 fully saturated rings. The second kappa shape index (κ2) is 11.8. The van der Waals surface area contributed by atoms with Crippen LogP contribution in [0.4, 0.5) is 0 Å². The molecule has 0 aliphatic heterocycles. The van der Waals surface area contributed by atoms with Gasteiger partial charge in [-0.25, -0.2) is 0 Å². The van der Waals surface area contributed by atoms with E-state index in [0.717, 1.165) is 12.8 Å². The molecule has 1 aromatic rings. The van der Waals surface area contributed by atoms with Gasteiger partial charge in [-0.3, -0.25) is 4.79 Å². The maximum atomic E-state index is 11.9. The van der Waals surface area contributed by atoms with E-state index in [9.17, 15) is 15.0 Å². The fraction of sp³-hybridized carbons (Fsp3) is 0.632. The summed E-state index contributed by atoms with van der Waals surface area (Å²) >= 11 is 0. The first kappa shape index (κ1) is 19.3. The van der Waals surface area contributed by atoms with Crippen LogP contribution in [0.1, 0.15) is 81.5 Å². The minimum absolute atomic E-state index is 0.0421. The minimum Gasteiger partial charge on any atom is -0.507 e. The molecule has 0 spiro atoms. The highest BCUT2D eigenvalue weighted by molar-refractivity contribution is 5.99. The average molecular weight is 321 g/mol. The number of amides is 1. The van der Waals surface area contributed by atoms with Gasteiger partial charge in [0.2, 0.25) is 0 Å². The van der Waals surface area contributed by atoms with Crippen LogP contribution in [0.2, 0.25) is 0 Å². The van der Waals surface area contributed by atoms with E-state index in [0.29, 0.717) is 6.54 Å². The van der Waals surface area contributed by atoms with Crippen molar-refractivity contribution in [3.05, 3.63) is 23.8 Å². The Kier molecular flexibility index (Phi) is 9.92. The standard InChI is InChI=1S/C19H31NO3/c1-2-3-4-5-6-7-8-9-10-11-15-20-19(23)18-16(21)13-12-14-17(18)22/h12-14,21-22H,2-11,15H2,1H3,(H,20,23). The van der Waals surface area contributed by atoms with Crippen molar-refractivity contribution in [1.29, 1.82) is 0 Å². The molecule has 130 valence electrons. The van der Waals surface area contributed by atoms with Gasteiger partial charge in [0.05, 0.1) is 0 Å². The Labute approximate surface area is 139 Å². The molecular formula is C19H31NO3. The highest BCUT2D eigenvalue weighted by atomic mass is 16.3. The van der Waals surface area contributed by atoms with Crippen molar-refractivity contribution in [2.24, 2.45) is 0 Å². The fourth-order valence-electron chi connectivity index (χ4n) is 2.66. The van der Waals surface area contributed by atoms with Gasteiger partial charge in [0, 0.05) is 6.54 Å². The van der Waals surface area contributed by atoms with Crippen LogP contribution in [0.15, 0.2) is 18.2 Å². The molecule has 0 bridgehead atoms. The monoisotopic (exact) mass is 321 g/mol. The lowest BCUT2D eigenvalue weighted by atomic mass is 10.1. The quantitative estimate of drug-likeness (QED) is 0.487. The SMILES string of the molecule is CCCCCCCCCCCCNC(=O)c1c(O)cccc1O. The summed E-state index contributed by atoms with van der Waals surface area (Å²) in [7, 11) is 0. The Bertz CT molecular complexity index is 440. The number of hydrogen-bond donors (Lipinski definition) is 3. The van der Waals surface area contributed by atoms with Gasteiger partial charge in [0.15, 0.2) is 0 Å².